The summed E-state index contributed by atoms with van der Waals surface area (Å²) in [6.45, 7) is 2.00. The maximum atomic E-state index is 14.7. The number of rotatable bonds is 4. The van der Waals surface area contributed by atoms with Gasteiger partial charge in [-0.3, -0.25) is 14.4 Å². The van der Waals surface area contributed by atoms with Crippen LogP contribution in [-0.2, 0) is 0 Å². The van der Waals surface area contributed by atoms with Gasteiger partial charge in [-0.05, 0) is 36.2 Å². The van der Waals surface area contributed by atoms with Gasteiger partial charge in [0.1, 0.15) is 17.2 Å². The number of ketones is 3. The molecular weight excluding hydrogens is 498 g/mol. The van der Waals surface area contributed by atoms with Crippen LogP contribution in [0.3, 0.4) is 0 Å². The van der Waals surface area contributed by atoms with Crippen LogP contribution in [0.25, 0.3) is 6.08 Å². The van der Waals surface area contributed by atoms with Crippen molar-refractivity contribution in [2.24, 2.45) is 5.41 Å². The molecule has 4 aromatic carbocycles. The minimum atomic E-state index is -1.50. The maximum Gasteiger partial charge on any atom is 0.186 e. The zero-order valence-electron chi connectivity index (χ0n) is 22.2. The minimum absolute atomic E-state index is 0.159. The molecule has 3 aliphatic rings. The number of hydrogen-bond acceptors (Lipinski definition) is 5. The van der Waals surface area contributed by atoms with Crippen molar-refractivity contribution in [3.63, 3.8) is 0 Å². The molecule has 3 atom stereocenters. The molecule has 196 valence electrons. The number of aryl methyl sites for hydroxylation is 1. The number of Topliss-reactive ketones (excluding diaryl/α,β-unsaturated/α-hetero) is 3. The zero-order chi connectivity index (χ0) is 27.6. The average molecular weight is 526 g/mol. The second-order valence-corrected chi connectivity index (χ2v) is 10.8. The van der Waals surface area contributed by atoms with E-state index in [1.165, 1.54) is 0 Å². The summed E-state index contributed by atoms with van der Waals surface area (Å²) < 4.78 is 5.44. The van der Waals surface area contributed by atoms with Gasteiger partial charge in [0.05, 0.1) is 13.2 Å². The monoisotopic (exact) mass is 525 g/mol. The van der Waals surface area contributed by atoms with Crippen molar-refractivity contribution in [1.29, 1.82) is 0 Å². The van der Waals surface area contributed by atoms with Crippen LogP contribution in [0.1, 0.15) is 53.7 Å². The Morgan fingerprint density at radius 1 is 0.825 bits per heavy atom. The van der Waals surface area contributed by atoms with Gasteiger partial charge in [0, 0.05) is 28.3 Å². The van der Waals surface area contributed by atoms with Crippen molar-refractivity contribution in [2.45, 2.75) is 24.9 Å². The molecule has 1 spiro atoms. The lowest BCUT2D eigenvalue weighted by atomic mass is 9.64. The topological polar surface area (TPSA) is 63.7 Å². The third-order valence-corrected chi connectivity index (χ3v) is 8.77. The third-order valence-electron chi connectivity index (χ3n) is 8.77. The summed E-state index contributed by atoms with van der Waals surface area (Å²) in [7, 11) is 1.57. The number of benzene rings is 4. The van der Waals surface area contributed by atoms with Crippen molar-refractivity contribution in [3.05, 3.63) is 137 Å². The predicted molar refractivity (Wildman–Crippen MR) is 154 cm³/mol. The fraction of sp³-hybridized carbons (Fsp3) is 0.171. The molecule has 1 fully saturated rings. The summed E-state index contributed by atoms with van der Waals surface area (Å²) in [6.07, 6.45) is 3.93. The third kappa shape index (κ3) is 3.18. The number of methoxy groups -OCH3 is 1. The first-order chi connectivity index (χ1) is 19.5. The van der Waals surface area contributed by atoms with Crippen molar-refractivity contribution >= 4 is 29.1 Å². The second-order valence-electron chi connectivity index (χ2n) is 10.8. The number of ether oxygens (including phenoxy) is 1. The molecule has 0 aromatic heterocycles. The lowest BCUT2D eigenvalue weighted by molar-refractivity contribution is 0.0666. The fourth-order valence-electron chi connectivity index (χ4n) is 7.01. The molecule has 2 heterocycles. The number of anilines is 1. The first-order valence-corrected chi connectivity index (χ1v) is 13.5. The number of nitrogens with zero attached hydrogens (tertiary/aromatic N) is 1. The fourth-order valence-corrected chi connectivity index (χ4v) is 7.01. The Hall–Kier alpha value is -4.77. The van der Waals surface area contributed by atoms with Gasteiger partial charge in [-0.1, -0.05) is 96.6 Å². The van der Waals surface area contributed by atoms with Gasteiger partial charge in [0.25, 0.3) is 0 Å². The SMILES string of the molecule is COc1cccc(C(=O)[C@H]2[C@H](c3ccc(C)cc3)C3(C(=O)c4ccccc4C3=O)C3C=Cc4ccccc4N32)c1. The lowest BCUT2D eigenvalue weighted by Crippen LogP contribution is -2.48. The lowest BCUT2D eigenvalue weighted by Gasteiger charge is -2.37. The normalized spacial score (nSPS) is 21.8. The highest BCUT2D eigenvalue weighted by molar-refractivity contribution is 6.32. The molecule has 5 nitrogen and oxygen atoms in total. The molecule has 1 unspecified atom stereocenters. The van der Waals surface area contributed by atoms with Gasteiger partial charge < -0.3 is 9.64 Å². The van der Waals surface area contributed by atoms with Gasteiger partial charge in [0.15, 0.2) is 17.3 Å². The van der Waals surface area contributed by atoms with Gasteiger partial charge in [-0.15, -0.1) is 0 Å². The molecule has 7 rings (SSSR count). The van der Waals surface area contributed by atoms with Crippen LogP contribution in [0.5, 0.6) is 5.75 Å². The molecule has 0 radical (unpaired) electrons. The van der Waals surface area contributed by atoms with E-state index in [0.717, 1.165) is 22.4 Å². The van der Waals surface area contributed by atoms with E-state index >= 15 is 0 Å². The van der Waals surface area contributed by atoms with Crippen LogP contribution in [-0.4, -0.2) is 36.5 Å². The Labute approximate surface area is 232 Å². The van der Waals surface area contributed by atoms with E-state index in [2.05, 4.69) is 0 Å². The summed E-state index contributed by atoms with van der Waals surface area (Å²) in [5.74, 6) is -0.758. The molecule has 0 saturated carbocycles. The van der Waals surface area contributed by atoms with E-state index in [4.69, 9.17) is 4.74 Å². The number of carbonyl (C=O) groups is 3. The van der Waals surface area contributed by atoms with E-state index in [0.29, 0.717) is 22.4 Å². The first-order valence-electron chi connectivity index (χ1n) is 13.5. The van der Waals surface area contributed by atoms with Crippen molar-refractivity contribution in [3.8, 4) is 5.75 Å². The highest BCUT2D eigenvalue weighted by Crippen LogP contribution is 2.61. The number of hydrogen-bond donors (Lipinski definition) is 0. The molecule has 2 aliphatic heterocycles. The molecule has 4 aromatic rings. The van der Waals surface area contributed by atoms with Crippen molar-refractivity contribution < 1.29 is 19.1 Å². The minimum Gasteiger partial charge on any atom is -0.497 e. The summed E-state index contributed by atoms with van der Waals surface area (Å²) in [5.41, 5.74) is 3.45. The highest BCUT2D eigenvalue weighted by atomic mass is 16.5. The Morgan fingerprint density at radius 3 is 2.20 bits per heavy atom. The Balaban J connectivity index is 1.54. The average Bonchev–Trinajstić information content (AvgIpc) is 3.43. The Morgan fingerprint density at radius 2 is 1.50 bits per heavy atom. The predicted octanol–water partition coefficient (Wildman–Crippen LogP) is 6.32. The van der Waals surface area contributed by atoms with Crippen LogP contribution in [0.4, 0.5) is 5.69 Å². The summed E-state index contributed by atoms with van der Waals surface area (Å²) >= 11 is 0. The van der Waals surface area contributed by atoms with Gasteiger partial charge in [-0.25, -0.2) is 0 Å². The van der Waals surface area contributed by atoms with Crippen LogP contribution in [0.2, 0.25) is 0 Å². The standard InChI is InChI=1S/C35H27NO4/c1-21-14-16-23(17-15-21)30-31(32(37)24-9-7-10-25(20-24)40-2)36-28-13-6-3-8-22(28)18-19-29(36)35(30)33(38)26-11-4-5-12-27(26)34(35)39/h3-20,29-31H,1-2H3/t29?,30-,31+/m0/s1. The molecule has 40 heavy (non-hydrogen) atoms. The Bertz CT molecular complexity index is 1700. The van der Waals surface area contributed by atoms with E-state index in [1.807, 2.05) is 72.5 Å². The molecule has 0 N–H and O–H groups in total. The van der Waals surface area contributed by atoms with Crippen LogP contribution in [0, 0.1) is 12.3 Å². The van der Waals surface area contributed by atoms with Crippen LogP contribution in [0.15, 0.2) is 103 Å². The summed E-state index contributed by atoms with van der Waals surface area (Å²) in [5, 5.41) is 0. The molecule has 0 amide bonds. The van der Waals surface area contributed by atoms with Crippen LogP contribution >= 0.6 is 0 Å². The van der Waals surface area contributed by atoms with E-state index in [-0.39, 0.29) is 17.3 Å². The zero-order valence-corrected chi connectivity index (χ0v) is 22.2. The highest BCUT2D eigenvalue weighted by Gasteiger charge is 2.71. The van der Waals surface area contributed by atoms with Crippen LogP contribution < -0.4 is 9.64 Å². The largest absolute Gasteiger partial charge is 0.497 e. The molecular formula is C35H27NO4. The smallest absolute Gasteiger partial charge is 0.186 e. The molecule has 1 saturated heterocycles. The molecule has 5 heteroatoms. The van der Waals surface area contributed by atoms with E-state index < -0.39 is 23.4 Å². The maximum absolute atomic E-state index is 14.7. The molecule has 0 bridgehead atoms. The first kappa shape index (κ1) is 24.3. The van der Waals surface area contributed by atoms with Gasteiger partial charge in [0.2, 0.25) is 0 Å². The van der Waals surface area contributed by atoms with Gasteiger partial charge >= 0.3 is 0 Å². The van der Waals surface area contributed by atoms with Gasteiger partial charge in [-0.2, -0.15) is 0 Å². The quantitative estimate of drug-likeness (QED) is 0.231. The van der Waals surface area contributed by atoms with Crippen molar-refractivity contribution in [1.82, 2.24) is 0 Å². The van der Waals surface area contributed by atoms with E-state index in [1.54, 1.807) is 55.6 Å². The van der Waals surface area contributed by atoms with Crippen molar-refractivity contribution in [2.75, 3.05) is 12.0 Å². The number of para-hydroxylation sites is 1. The Kier molecular flexibility index (Phi) is 5.39. The number of carbonyl (C=O) groups excluding carboxylic acids is 3. The van der Waals surface area contributed by atoms with E-state index in [9.17, 15) is 14.4 Å². The second kappa shape index (κ2) is 8.88. The number of fused-ring (bicyclic) bond motifs is 5. The summed E-state index contributed by atoms with van der Waals surface area (Å²) in [4.78, 5) is 46.0. The summed E-state index contributed by atoms with van der Waals surface area (Å²) in [6, 6.07) is 28.4. The molecule has 1 aliphatic carbocycles.